The van der Waals surface area contributed by atoms with Gasteiger partial charge in [-0.25, -0.2) is 27.2 Å². The third-order valence-electron chi connectivity index (χ3n) is 7.67. The summed E-state index contributed by atoms with van der Waals surface area (Å²) < 4.78 is 71.6. The van der Waals surface area contributed by atoms with Crippen LogP contribution in [0.3, 0.4) is 0 Å². The summed E-state index contributed by atoms with van der Waals surface area (Å²) >= 11 is 6.22. The summed E-state index contributed by atoms with van der Waals surface area (Å²) in [5.74, 6) is -1.68. The number of hydrogen-bond acceptors (Lipinski definition) is 9. The molecule has 2 aliphatic heterocycles. The molecular formula is C30H28ClF2N5O5S. The fourth-order valence-electron chi connectivity index (χ4n) is 5.53. The van der Waals surface area contributed by atoms with E-state index in [2.05, 4.69) is 25.3 Å². The maximum absolute atomic E-state index is 15.9. The summed E-state index contributed by atoms with van der Waals surface area (Å²) in [6, 6.07) is 8.17. The lowest BCUT2D eigenvalue weighted by atomic mass is 9.97. The number of aromatic nitrogens is 2. The van der Waals surface area contributed by atoms with Gasteiger partial charge in [-0.05, 0) is 74.8 Å². The first-order valence-corrected chi connectivity index (χ1v) is 15.8. The van der Waals surface area contributed by atoms with E-state index in [4.69, 9.17) is 21.1 Å². The Morgan fingerprint density at radius 2 is 1.93 bits per heavy atom. The highest BCUT2D eigenvalue weighted by Crippen LogP contribution is 2.43. The van der Waals surface area contributed by atoms with Gasteiger partial charge in [0.1, 0.15) is 28.9 Å². The van der Waals surface area contributed by atoms with Crippen molar-refractivity contribution >= 4 is 50.1 Å². The van der Waals surface area contributed by atoms with Crippen LogP contribution >= 0.6 is 11.6 Å². The number of sulfonamides is 1. The molecule has 3 heterocycles. The van der Waals surface area contributed by atoms with Gasteiger partial charge in [0.15, 0.2) is 6.10 Å². The standard InChI is InChI=1S/C30H28ClF2N5O5S/c1-15-23(38-44(40,41)26-12-17(31)11-20-25(43-16(2)39)14-42-29(20)26)6-4-22(32)27(15)19-3-5-24-21(28(19)33)13-35-30(37-24)36-18-7-9-34-10-8-18/h3-6,11-13,18,25,34,38H,7-10,14H2,1-2H3,(H,35,36,37)/t25-/m1/s1. The highest BCUT2D eigenvalue weighted by molar-refractivity contribution is 7.92. The lowest BCUT2D eigenvalue weighted by Gasteiger charge is -2.23. The normalized spacial score (nSPS) is 16.8. The largest absolute Gasteiger partial charge is 0.487 e. The van der Waals surface area contributed by atoms with Gasteiger partial charge >= 0.3 is 5.97 Å². The lowest BCUT2D eigenvalue weighted by molar-refractivity contribution is -0.147. The number of esters is 1. The molecule has 0 radical (unpaired) electrons. The number of ether oxygens (including phenoxy) is 2. The first-order chi connectivity index (χ1) is 21.0. The Morgan fingerprint density at radius 3 is 2.68 bits per heavy atom. The van der Waals surface area contributed by atoms with Crippen LogP contribution < -0.4 is 20.1 Å². The smallest absolute Gasteiger partial charge is 0.303 e. The number of hydrogen-bond donors (Lipinski definition) is 3. The molecule has 44 heavy (non-hydrogen) atoms. The molecule has 2 aliphatic rings. The molecule has 10 nitrogen and oxygen atoms in total. The van der Waals surface area contributed by atoms with E-state index in [0.29, 0.717) is 17.0 Å². The van der Waals surface area contributed by atoms with Gasteiger partial charge in [-0.3, -0.25) is 9.52 Å². The molecule has 3 aromatic carbocycles. The van der Waals surface area contributed by atoms with Gasteiger partial charge in [-0.15, -0.1) is 0 Å². The molecule has 0 spiro atoms. The molecular weight excluding hydrogens is 616 g/mol. The van der Waals surface area contributed by atoms with Crippen LogP contribution in [0.1, 0.15) is 37.0 Å². The lowest BCUT2D eigenvalue weighted by Crippen LogP contribution is -2.35. The Labute approximate surface area is 257 Å². The first kappa shape index (κ1) is 30.0. The number of nitrogens with one attached hydrogen (secondary N) is 3. The van der Waals surface area contributed by atoms with E-state index in [0.717, 1.165) is 32.0 Å². The van der Waals surface area contributed by atoms with Crippen molar-refractivity contribution in [2.75, 3.05) is 29.7 Å². The Bertz CT molecular complexity index is 1900. The number of fused-ring (bicyclic) bond motifs is 2. The fraction of sp³-hybridized carbons (Fsp3) is 0.300. The van der Waals surface area contributed by atoms with Crippen molar-refractivity contribution in [2.45, 2.75) is 43.7 Å². The van der Waals surface area contributed by atoms with Crippen LogP contribution in [0.15, 0.2) is 47.5 Å². The molecule has 3 N–H and O–H groups in total. The first-order valence-electron chi connectivity index (χ1n) is 13.9. The molecule has 14 heteroatoms. The Morgan fingerprint density at radius 1 is 1.16 bits per heavy atom. The van der Waals surface area contributed by atoms with Crippen LogP contribution in [0.25, 0.3) is 22.0 Å². The van der Waals surface area contributed by atoms with Crippen LogP contribution in [0, 0.1) is 18.6 Å². The van der Waals surface area contributed by atoms with Gasteiger partial charge in [0, 0.05) is 40.9 Å². The Kier molecular flexibility index (Phi) is 8.03. The van der Waals surface area contributed by atoms with Crippen molar-refractivity contribution in [3.05, 3.63) is 70.4 Å². The molecule has 1 atom stereocenters. The predicted octanol–water partition coefficient (Wildman–Crippen LogP) is 5.50. The van der Waals surface area contributed by atoms with Crippen molar-refractivity contribution in [2.24, 2.45) is 0 Å². The van der Waals surface area contributed by atoms with E-state index in [1.165, 1.54) is 44.3 Å². The van der Waals surface area contributed by atoms with Crippen molar-refractivity contribution in [1.29, 1.82) is 0 Å². The van der Waals surface area contributed by atoms with E-state index >= 15 is 8.78 Å². The molecule has 0 bridgehead atoms. The summed E-state index contributed by atoms with van der Waals surface area (Å²) in [4.78, 5) is 19.9. The number of carbonyl (C=O) groups is 1. The number of carbonyl (C=O) groups excluding carboxylic acids is 1. The SMILES string of the molecule is CC(=O)O[C@@H]1COc2c1cc(Cl)cc2S(=O)(=O)Nc1ccc(F)c(-c2ccc3nc(NC4CCNCC4)ncc3c2F)c1C. The Hall–Kier alpha value is -4.07. The second kappa shape index (κ2) is 11.8. The Balaban J connectivity index is 1.33. The number of rotatable bonds is 7. The molecule has 0 amide bonds. The summed E-state index contributed by atoms with van der Waals surface area (Å²) in [7, 11) is -4.36. The maximum Gasteiger partial charge on any atom is 0.303 e. The molecule has 230 valence electrons. The van der Waals surface area contributed by atoms with Crippen LogP contribution in [0.5, 0.6) is 5.75 Å². The quantitative estimate of drug-likeness (QED) is 0.224. The zero-order chi connectivity index (χ0) is 31.2. The number of halogens is 3. The van der Waals surface area contributed by atoms with Crippen molar-refractivity contribution in [3.63, 3.8) is 0 Å². The fourth-order valence-corrected chi connectivity index (χ4v) is 7.15. The van der Waals surface area contributed by atoms with Gasteiger partial charge in [-0.1, -0.05) is 11.6 Å². The van der Waals surface area contributed by atoms with E-state index in [-0.39, 0.29) is 56.1 Å². The highest BCUT2D eigenvalue weighted by Gasteiger charge is 2.34. The minimum atomic E-state index is -4.36. The second-order valence-corrected chi connectivity index (χ2v) is 12.7. The van der Waals surface area contributed by atoms with E-state index in [1.54, 1.807) is 6.07 Å². The molecule has 1 aromatic heterocycles. The van der Waals surface area contributed by atoms with Gasteiger partial charge in [0.2, 0.25) is 5.95 Å². The molecule has 1 fully saturated rings. The number of benzene rings is 3. The van der Waals surface area contributed by atoms with E-state index in [9.17, 15) is 13.2 Å². The monoisotopic (exact) mass is 643 g/mol. The molecule has 0 saturated carbocycles. The minimum Gasteiger partial charge on any atom is -0.487 e. The predicted molar refractivity (Wildman–Crippen MR) is 161 cm³/mol. The van der Waals surface area contributed by atoms with Gasteiger partial charge in [-0.2, -0.15) is 0 Å². The molecule has 0 unspecified atom stereocenters. The third kappa shape index (κ3) is 5.74. The van der Waals surface area contributed by atoms with Crippen molar-refractivity contribution < 1.29 is 31.5 Å². The van der Waals surface area contributed by atoms with E-state index < -0.39 is 33.7 Å². The zero-order valence-electron chi connectivity index (χ0n) is 23.7. The van der Waals surface area contributed by atoms with Crippen molar-refractivity contribution in [1.82, 2.24) is 15.3 Å². The van der Waals surface area contributed by atoms with E-state index in [1.807, 2.05) is 0 Å². The van der Waals surface area contributed by atoms with Crippen LogP contribution in [0.4, 0.5) is 20.4 Å². The van der Waals surface area contributed by atoms with Crippen LogP contribution in [0.2, 0.25) is 5.02 Å². The number of nitrogens with zero attached hydrogens (tertiary/aromatic N) is 2. The summed E-state index contributed by atoms with van der Waals surface area (Å²) in [6.45, 7) is 4.40. The molecule has 6 rings (SSSR count). The molecule has 0 aliphatic carbocycles. The average molecular weight is 644 g/mol. The number of anilines is 2. The third-order valence-corrected chi connectivity index (χ3v) is 9.26. The van der Waals surface area contributed by atoms with Gasteiger partial charge < -0.3 is 20.1 Å². The van der Waals surface area contributed by atoms with Gasteiger partial charge in [0.05, 0.1) is 16.6 Å². The minimum absolute atomic E-state index is 0.0114. The number of piperidine rings is 1. The second-order valence-electron chi connectivity index (χ2n) is 10.7. The topological polar surface area (TPSA) is 132 Å². The zero-order valence-corrected chi connectivity index (χ0v) is 25.3. The highest BCUT2D eigenvalue weighted by atomic mass is 35.5. The van der Waals surface area contributed by atoms with Gasteiger partial charge in [0.25, 0.3) is 10.0 Å². The summed E-state index contributed by atoms with van der Waals surface area (Å²) in [5, 5.41) is 6.74. The molecule has 4 aromatic rings. The van der Waals surface area contributed by atoms with Crippen molar-refractivity contribution in [3.8, 4) is 16.9 Å². The maximum atomic E-state index is 15.9. The summed E-state index contributed by atoms with van der Waals surface area (Å²) in [6.07, 6.45) is 2.35. The van der Waals surface area contributed by atoms with Crippen LogP contribution in [-0.2, 0) is 19.6 Å². The molecule has 1 saturated heterocycles. The summed E-state index contributed by atoms with van der Waals surface area (Å²) in [5.41, 5.74) is 0.612. The van der Waals surface area contributed by atoms with Crippen LogP contribution in [-0.4, -0.2) is 50.1 Å². The average Bonchev–Trinajstić information content (AvgIpc) is 3.37.